The third-order valence-corrected chi connectivity index (χ3v) is 19.8. The number of carbonyl (C=O) groups is 1. The fourth-order valence-electron chi connectivity index (χ4n) is 13.4. The molecule has 3 rings (SSSR count). The molecule has 98 heavy (non-hydrogen) atoms. The van der Waals surface area contributed by atoms with E-state index in [0.29, 0.717) is 12.8 Å². The van der Waals surface area contributed by atoms with E-state index in [0.717, 1.165) is 44.9 Å². The molecule has 0 aromatic heterocycles. The van der Waals surface area contributed by atoms with Gasteiger partial charge in [-0.2, -0.15) is 0 Å². The quantitative estimate of drug-likeness (QED) is 0.0199. The molecule has 17 unspecified atom stereocenters. The van der Waals surface area contributed by atoms with Gasteiger partial charge in [0.15, 0.2) is 18.9 Å². The molecule has 17 atom stereocenters. The molecule has 19 heteroatoms. The van der Waals surface area contributed by atoms with Crippen LogP contribution in [0.3, 0.4) is 0 Å². The summed E-state index contributed by atoms with van der Waals surface area (Å²) in [7, 11) is 0. The molecule has 0 spiro atoms. The molecule has 12 N–H and O–H groups in total. The van der Waals surface area contributed by atoms with Gasteiger partial charge in [-0.1, -0.05) is 294 Å². The third kappa shape index (κ3) is 40.1. The summed E-state index contributed by atoms with van der Waals surface area (Å²) in [4.78, 5) is 13.5. The van der Waals surface area contributed by atoms with Crippen molar-refractivity contribution in [2.45, 2.75) is 420 Å². The Labute approximate surface area is 593 Å². The highest BCUT2D eigenvalue weighted by Crippen LogP contribution is 2.33. The minimum atomic E-state index is -1.98. The first-order valence-corrected chi connectivity index (χ1v) is 39.9. The molecule has 1 amide bonds. The summed E-state index contributed by atoms with van der Waals surface area (Å²) < 4.78 is 34.4. The summed E-state index contributed by atoms with van der Waals surface area (Å²) in [5, 5.41) is 121. The molecule has 574 valence electrons. The summed E-state index contributed by atoms with van der Waals surface area (Å²) in [6.07, 6.45) is 48.1. The maximum absolute atomic E-state index is 13.5. The minimum absolute atomic E-state index is 0.238. The van der Waals surface area contributed by atoms with Gasteiger partial charge in [-0.05, 0) is 64.2 Å². The molecule has 0 saturated carbocycles. The van der Waals surface area contributed by atoms with Crippen LogP contribution in [0.2, 0.25) is 0 Å². The van der Waals surface area contributed by atoms with Crippen molar-refractivity contribution < 1.29 is 89.4 Å². The number of unbranched alkanes of at least 4 members (excludes halogenated alkanes) is 41. The fourth-order valence-corrected chi connectivity index (χ4v) is 13.4. The van der Waals surface area contributed by atoms with Gasteiger partial charge < -0.3 is 89.9 Å². The predicted molar refractivity (Wildman–Crippen MR) is 388 cm³/mol. The van der Waals surface area contributed by atoms with E-state index in [1.807, 2.05) is 6.08 Å². The summed E-state index contributed by atoms with van der Waals surface area (Å²) in [6.45, 7) is 1.75. The summed E-state index contributed by atoms with van der Waals surface area (Å²) in [6, 6.07) is -0.991. The minimum Gasteiger partial charge on any atom is -0.394 e. The van der Waals surface area contributed by atoms with Crippen LogP contribution in [0.5, 0.6) is 0 Å². The molecule has 3 saturated heterocycles. The van der Waals surface area contributed by atoms with E-state index in [1.165, 1.54) is 238 Å². The maximum Gasteiger partial charge on any atom is 0.220 e. The topological polar surface area (TPSA) is 307 Å². The van der Waals surface area contributed by atoms with Gasteiger partial charge in [0.25, 0.3) is 0 Å². The SMILES string of the molecule is CCCCCCC/C=C\C/C=C\CCCCCCCCCCCCCCCCCCCCCC(=O)NC(COC1OC(CO)C(OC2OC(CO)C(OC3OC(CO)C(O)C(O)C3O)C(O)C2O)C(O)C1O)C(O)/C=C/CC/C=C/CCCCCCCCCCCCCCCCCC. The first-order valence-electron chi connectivity index (χ1n) is 39.9. The number of nitrogens with one attached hydrogen (secondary N) is 1. The van der Waals surface area contributed by atoms with Crippen molar-refractivity contribution in [3.05, 3.63) is 48.6 Å². The number of hydrogen-bond donors (Lipinski definition) is 12. The Morgan fingerprint density at radius 2 is 0.684 bits per heavy atom. The smallest absolute Gasteiger partial charge is 0.220 e. The molecule has 0 aliphatic carbocycles. The number of allylic oxidation sites excluding steroid dienone is 7. The van der Waals surface area contributed by atoms with Crippen LogP contribution >= 0.6 is 0 Å². The van der Waals surface area contributed by atoms with Crippen LogP contribution in [0, 0.1) is 0 Å². The average Bonchev–Trinajstić information content (AvgIpc) is 0.785. The largest absolute Gasteiger partial charge is 0.394 e. The molecular formula is C79H145NO18. The molecular weight excluding hydrogens is 1250 g/mol. The van der Waals surface area contributed by atoms with Gasteiger partial charge >= 0.3 is 0 Å². The number of ether oxygens (including phenoxy) is 6. The Bertz CT molecular complexity index is 1960. The van der Waals surface area contributed by atoms with E-state index in [9.17, 15) is 61.0 Å². The molecule has 3 aliphatic rings. The predicted octanol–water partition coefficient (Wildman–Crippen LogP) is 12.9. The van der Waals surface area contributed by atoms with Crippen LogP contribution in [0.15, 0.2) is 48.6 Å². The van der Waals surface area contributed by atoms with Gasteiger partial charge in [0.2, 0.25) is 5.91 Å². The molecule has 0 aromatic rings. The van der Waals surface area contributed by atoms with Crippen LogP contribution in [-0.4, -0.2) is 193 Å². The third-order valence-electron chi connectivity index (χ3n) is 19.8. The number of hydrogen-bond acceptors (Lipinski definition) is 18. The molecule has 3 aliphatic heterocycles. The Morgan fingerprint density at radius 1 is 0.367 bits per heavy atom. The monoisotopic (exact) mass is 1400 g/mol. The second-order valence-corrected chi connectivity index (χ2v) is 28.5. The van der Waals surface area contributed by atoms with Gasteiger partial charge in [0.05, 0.1) is 38.6 Å². The number of rotatable bonds is 63. The maximum atomic E-state index is 13.5. The normalized spacial score (nSPS) is 27.0. The first-order chi connectivity index (χ1) is 47.8. The van der Waals surface area contributed by atoms with Crippen molar-refractivity contribution in [2.24, 2.45) is 0 Å². The zero-order valence-corrected chi connectivity index (χ0v) is 61.3. The Hall–Kier alpha value is -2.25. The lowest BCUT2D eigenvalue weighted by molar-refractivity contribution is -0.379. The zero-order valence-electron chi connectivity index (χ0n) is 61.3. The van der Waals surface area contributed by atoms with Crippen molar-refractivity contribution in [1.82, 2.24) is 5.32 Å². The van der Waals surface area contributed by atoms with Crippen molar-refractivity contribution in [3.8, 4) is 0 Å². The molecule has 0 bridgehead atoms. The van der Waals surface area contributed by atoms with Crippen LogP contribution in [-0.2, 0) is 33.2 Å². The lowest BCUT2D eigenvalue weighted by Gasteiger charge is -2.48. The fraction of sp³-hybridized carbons (Fsp3) is 0.886. The Morgan fingerprint density at radius 3 is 1.08 bits per heavy atom. The summed E-state index contributed by atoms with van der Waals surface area (Å²) >= 11 is 0. The number of aliphatic hydroxyl groups excluding tert-OH is 11. The van der Waals surface area contributed by atoms with Gasteiger partial charge in [-0.15, -0.1) is 0 Å². The highest BCUT2D eigenvalue weighted by atomic mass is 16.8. The van der Waals surface area contributed by atoms with Crippen molar-refractivity contribution >= 4 is 5.91 Å². The molecule has 3 fully saturated rings. The highest BCUT2D eigenvalue weighted by Gasteiger charge is 2.54. The van der Waals surface area contributed by atoms with Crippen LogP contribution in [0.4, 0.5) is 0 Å². The van der Waals surface area contributed by atoms with E-state index >= 15 is 0 Å². The van der Waals surface area contributed by atoms with Crippen LogP contribution in [0.25, 0.3) is 0 Å². The first kappa shape index (κ1) is 90.0. The lowest BCUT2D eigenvalue weighted by Crippen LogP contribution is -2.66. The molecule has 0 radical (unpaired) electrons. The second-order valence-electron chi connectivity index (χ2n) is 28.5. The van der Waals surface area contributed by atoms with E-state index in [-0.39, 0.29) is 18.9 Å². The van der Waals surface area contributed by atoms with E-state index in [2.05, 4.69) is 55.6 Å². The van der Waals surface area contributed by atoms with Gasteiger partial charge in [0, 0.05) is 6.42 Å². The van der Waals surface area contributed by atoms with Crippen LogP contribution in [0.1, 0.15) is 316 Å². The Kier molecular flexibility index (Phi) is 55.1. The highest BCUT2D eigenvalue weighted by molar-refractivity contribution is 5.76. The van der Waals surface area contributed by atoms with Gasteiger partial charge in [-0.3, -0.25) is 4.79 Å². The van der Waals surface area contributed by atoms with Gasteiger partial charge in [0.1, 0.15) is 73.2 Å². The van der Waals surface area contributed by atoms with Crippen molar-refractivity contribution in [2.75, 3.05) is 26.4 Å². The molecule has 19 nitrogen and oxygen atoms in total. The lowest BCUT2D eigenvalue weighted by atomic mass is 9.96. The Balaban J connectivity index is 1.38. The number of aliphatic hydroxyl groups is 11. The average molecular weight is 1400 g/mol. The van der Waals surface area contributed by atoms with E-state index in [1.54, 1.807) is 6.08 Å². The molecule has 0 aromatic carbocycles. The second kappa shape index (κ2) is 60.1. The van der Waals surface area contributed by atoms with E-state index in [4.69, 9.17) is 28.4 Å². The molecule has 3 heterocycles. The summed E-state index contributed by atoms with van der Waals surface area (Å²) in [5.74, 6) is -0.281. The van der Waals surface area contributed by atoms with E-state index < -0.39 is 124 Å². The summed E-state index contributed by atoms with van der Waals surface area (Å²) in [5.41, 5.74) is 0. The van der Waals surface area contributed by atoms with Crippen molar-refractivity contribution in [3.63, 3.8) is 0 Å². The zero-order chi connectivity index (χ0) is 71.1. The van der Waals surface area contributed by atoms with Crippen LogP contribution < -0.4 is 5.32 Å². The van der Waals surface area contributed by atoms with Gasteiger partial charge in [-0.25, -0.2) is 0 Å². The number of carbonyl (C=O) groups excluding carboxylic acids is 1. The number of amides is 1. The van der Waals surface area contributed by atoms with Crippen molar-refractivity contribution in [1.29, 1.82) is 0 Å². The standard InChI is InChI=1S/C79H145NO18/c1-3-5-7-9-11-13-15-17-19-21-23-25-27-28-29-30-31-32-33-34-35-37-39-41-43-45-47-49-51-53-55-57-67(85)80-62(63(84)56-54-52-50-48-46-44-42-40-38-36-26-24-22-20-18-16-14-12-10-8-6-4-2)61-93-77-73(91)70(88)75(65(59-82)95-77)98-79-74(92)71(89)76(66(60-83)96-79)97-78-72(90)69(87)68(86)64(58-81)94-78/h15,17,21,23,46,48,54,56,62-66,68-79,81-84,86-92H,3-14,16,18-20,22,24-45,47,49-53,55,57-61H2,1-2H3,(H,80,85)/b17-15-,23-21-,48-46+,56-54+.